The van der Waals surface area contributed by atoms with Gasteiger partial charge in [-0.25, -0.2) is 17.9 Å². The van der Waals surface area contributed by atoms with Gasteiger partial charge in [-0.3, -0.25) is 4.79 Å². The third kappa shape index (κ3) is 5.63. The van der Waals surface area contributed by atoms with Gasteiger partial charge in [-0.15, -0.1) is 0 Å². The fourth-order valence-corrected chi connectivity index (χ4v) is 3.32. The summed E-state index contributed by atoms with van der Waals surface area (Å²) >= 11 is 0. The first-order valence-corrected chi connectivity index (χ1v) is 9.73. The summed E-state index contributed by atoms with van der Waals surface area (Å²) in [6.07, 6.45) is 0. The van der Waals surface area contributed by atoms with E-state index in [1.807, 2.05) is 13.8 Å². The Bertz CT molecular complexity index is 906. The van der Waals surface area contributed by atoms with Gasteiger partial charge in [0.25, 0.3) is 5.91 Å². The zero-order chi connectivity index (χ0) is 20.0. The predicted molar refractivity (Wildman–Crippen MR) is 101 cm³/mol. The number of benzene rings is 2. The van der Waals surface area contributed by atoms with E-state index in [2.05, 4.69) is 14.8 Å². The maximum absolute atomic E-state index is 12.4. The maximum Gasteiger partial charge on any atom is 0.329 e. The molecular formula is C19H22N2O5S. The number of hydrogen-bond acceptors (Lipinski definition) is 5. The molecule has 2 aromatic carbocycles. The third-order valence-electron chi connectivity index (χ3n) is 3.91. The lowest BCUT2D eigenvalue weighted by atomic mass is 10.1. The van der Waals surface area contributed by atoms with Crippen molar-refractivity contribution in [3.8, 4) is 0 Å². The molecule has 8 heteroatoms. The van der Waals surface area contributed by atoms with Crippen molar-refractivity contribution in [2.75, 3.05) is 13.7 Å². The Morgan fingerprint density at radius 2 is 1.48 bits per heavy atom. The topological polar surface area (TPSA) is 102 Å². The molecule has 0 saturated heterocycles. The fraction of sp³-hybridized carbons (Fsp3) is 0.263. The molecule has 0 bridgehead atoms. The SMILES string of the molecule is COC(=O)[C@H](CNS(=O)(=O)c1ccc(C)cc1)NC(=O)c1ccc(C)cc1. The van der Waals surface area contributed by atoms with Crippen LogP contribution in [-0.4, -0.2) is 40.0 Å². The van der Waals surface area contributed by atoms with Crippen LogP contribution in [0.15, 0.2) is 53.4 Å². The molecule has 0 unspecified atom stereocenters. The van der Waals surface area contributed by atoms with Gasteiger partial charge in [-0.1, -0.05) is 35.4 Å². The normalized spacial score (nSPS) is 12.3. The molecule has 2 N–H and O–H groups in total. The molecule has 2 rings (SSSR count). The van der Waals surface area contributed by atoms with Crippen molar-refractivity contribution in [1.29, 1.82) is 0 Å². The largest absolute Gasteiger partial charge is 0.467 e. The van der Waals surface area contributed by atoms with Crippen LogP contribution in [0.3, 0.4) is 0 Å². The van der Waals surface area contributed by atoms with E-state index < -0.39 is 27.9 Å². The molecule has 0 radical (unpaired) electrons. The number of nitrogens with one attached hydrogen (secondary N) is 2. The number of carbonyl (C=O) groups is 2. The van der Waals surface area contributed by atoms with E-state index >= 15 is 0 Å². The molecule has 27 heavy (non-hydrogen) atoms. The summed E-state index contributed by atoms with van der Waals surface area (Å²) < 4.78 is 31.8. The summed E-state index contributed by atoms with van der Waals surface area (Å²) in [5.74, 6) is -1.25. The molecule has 1 amide bonds. The van der Waals surface area contributed by atoms with E-state index in [4.69, 9.17) is 0 Å². The Balaban J connectivity index is 2.10. The predicted octanol–water partition coefficient (Wildman–Crippen LogP) is 1.55. The summed E-state index contributed by atoms with van der Waals surface area (Å²) in [6.45, 7) is 3.40. The quantitative estimate of drug-likeness (QED) is 0.699. The third-order valence-corrected chi connectivity index (χ3v) is 5.35. The van der Waals surface area contributed by atoms with Gasteiger partial charge in [-0.05, 0) is 38.1 Å². The van der Waals surface area contributed by atoms with Crippen molar-refractivity contribution >= 4 is 21.9 Å². The van der Waals surface area contributed by atoms with Crippen LogP contribution in [0, 0.1) is 13.8 Å². The van der Waals surface area contributed by atoms with Crippen LogP contribution in [0.1, 0.15) is 21.5 Å². The maximum atomic E-state index is 12.4. The van der Waals surface area contributed by atoms with Gasteiger partial charge in [0, 0.05) is 12.1 Å². The Kier molecular flexibility index (Phi) is 6.70. The summed E-state index contributed by atoms with van der Waals surface area (Å²) in [5.41, 5.74) is 2.27. The molecule has 2 aromatic rings. The number of esters is 1. The monoisotopic (exact) mass is 390 g/mol. The summed E-state index contributed by atoms with van der Waals surface area (Å²) in [6, 6.07) is 11.9. The lowest BCUT2D eigenvalue weighted by Gasteiger charge is -2.17. The molecule has 1 atom stereocenters. The Hall–Kier alpha value is -2.71. The van der Waals surface area contributed by atoms with E-state index in [9.17, 15) is 18.0 Å². The number of carbonyl (C=O) groups excluding carboxylic acids is 2. The second-order valence-corrected chi connectivity index (χ2v) is 7.85. The Morgan fingerprint density at radius 1 is 0.963 bits per heavy atom. The molecular weight excluding hydrogens is 368 g/mol. The van der Waals surface area contributed by atoms with Gasteiger partial charge in [0.05, 0.1) is 12.0 Å². The zero-order valence-corrected chi connectivity index (χ0v) is 16.2. The molecule has 0 aliphatic heterocycles. The summed E-state index contributed by atoms with van der Waals surface area (Å²) in [7, 11) is -2.66. The highest BCUT2D eigenvalue weighted by molar-refractivity contribution is 7.89. The van der Waals surface area contributed by atoms with Gasteiger partial charge in [-0.2, -0.15) is 0 Å². The van der Waals surface area contributed by atoms with Gasteiger partial charge in [0.1, 0.15) is 6.04 Å². The summed E-state index contributed by atoms with van der Waals surface area (Å²) in [5, 5.41) is 2.50. The van der Waals surface area contributed by atoms with Crippen molar-refractivity contribution < 1.29 is 22.7 Å². The van der Waals surface area contributed by atoms with Crippen molar-refractivity contribution in [2.24, 2.45) is 0 Å². The van der Waals surface area contributed by atoms with Crippen LogP contribution in [0.25, 0.3) is 0 Å². The standard InChI is InChI=1S/C19H22N2O5S/c1-13-4-8-15(9-5-13)18(22)21-17(19(23)26-3)12-20-27(24,25)16-10-6-14(2)7-11-16/h4-11,17,20H,12H2,1-3H3,(H,21,22)/t17-/m0/s1. The van der Waals surface area contributed by atoms with E-state index in [1.54, 1.807) is 36.4 Å². The lowest BCUT2D eigenvalue weighted by molar-refractivity contribution is -0.142. The van der Waals surface area contributed by atoms with Crippen molar-refractivity contribution in [3.05, 3.63) is 65.2 Å². The van der Waals surface area contributed by atoms with Crippen LogP contribution < -0.4 is 10.0 Å². The number of amides is 1. The number of methoxy groups -OCH3 is 1. The van der Waals surface area contributed by atoms with Crippen molar-refractivity contribution in [2.45, 2.75) is 24.8 Å². The second kappa shape index (κ2) is 8.79. The molecule has 0 aliphatic rings. The first-order chi connectivity index (χ1) is 12.7. The van der Waals surface area contributed by atoms with Gasteiger partial charge >= 0.3 is 5.97 Å². The van der Waals surface area contributed by atoms with E-state index in [0.29, 0.717) is 5.56 Å². The van der Waals surface area contributed by atoms with Crippen molar-refractivity contribution in [1.82, 2.24) is 10.0 Å². The zero-order valence-electron chi connectivity index (χ0n) is 15.4. The molecule has 0 heterocycles. The highest BCUT2D eigenvalue weighted by atomic mass is 32.2. The van der Waals surface area contributed by atoms with Crippen LogP contribution in [0.4, 0.5) is 0 Å². The fourth-order valence-electron chi connectivity index (χ4n) is 2.28. The van der Waals surface area contributed by atoms with E-state index in [-0.39, 0.29) is 11.4 Å². The number of aryl methyl sites for hydroxylation is 2. The van der Waals surface area contributed by atoms with Crippen LogP contribution in [-0.2, 0) is 19.6 Å². The lowest BCUT2D eigenvalue weighted by Crippen LogP contribution is -2.48. The Morgan fingerprint density at radius 3 is 2.00 bits per heavy atom. The Labute approximate surface area is 158 Å². The van der Waals surface area contributed by atoms with E-state index in [0.717, 1.165) is 11.1 Å². The van der Waals surface area contributed by atoms with Gasteiger partial charge in [0.15, 0.2) is 0 Å². The minimum absolute atomic E-state index is 0.0709. The minimum atomic E-state index is -3.83. The van der Waals surface area contributed by atoms with E-state index in [1.165, 1.54) is 19.2 Å². The summed E-state index contributed by atoms with van der Waals surface area (Å²) in [4.78, 5) is 24.4. The minimum Gasteiger partial charge on any atom is -0.467 e. The number of ether oxygens (including phenoxy) is 1. The molecule has 0 aliphatic carbocycles. The van der Waals surface area contributed by atoms with Crippen LogP contribution >= 0.6 is 0 Å². The molecule has 7 nitrogen and oxygen atoms in total. The average molecular weight is 390 g/mol. The van der Waals surface area contributed by atoms with Crippen molar-refractivity contribution in [3.63, 3.8) is 0 Å². The molecule has 0 spiro atoms. The van der Waals surface area contributed by atoms with Crippen LogP contribution in [0.5, 0.6) is 0 Å². The second-order valence-electron chi connectivity index (χ2n) is 6.08. The number of hydrogen-bond donors (Lipinski definition) is 2. The molecule has 0 aromatic heterocycles. The highest BCUT2D eigenvalue weighted by Crippen LogP contribution is 2.10. The first-order valence-electron chi connectivity index (χ1n) is 8.24. The number of sulfonamides is 1. The molecule has 144 valence electrons. The van der Waals surface area contributed by atoms with Gasteiger partial charge < -0.3 is 10.1 Å². The van der Waals surface area contributed by atoms with Gasteiger partial charge in [0.2, 0.25) is 10.0 Å². The smallest absolute Gasteiger partial charge is 0.329 e. The molecule has 0 saturated carbocycles. The average Bonchev–Trinajstić information content (AvgIpc) is 2.65. The highest BCUT2D eigenvalue weighted by Gasteiger charge is 2.25. The van der Waals surface area contributed by atoms with Crippen LogP contribution in [0.2, 0.25) is 0 Å². The molecule has 0 fully saturated rings. The number of rotatable bonds is 7. The first kappa shape index (κ1) is 20.6.